The molecule has 0 bridgehead atoms. The van der Waals surface area contributed by atoms with E-state index in [1.807, 2.05) is 24.3 Å². The zero-order valence-electron chi connectivity index (χ0n) is 12.9. The molecule has 5 heteroatoms. The first-order valence-corrected chi connectivity index (χ1v) is 7.71. The van der Waals surface area contributed by atoms with Gasteiger partial charge in [0.25, 0.3) is 5.91 Å². The molecule has 5 nitrogen and oxygen atoms in total. The second-order valence-electron chi connectivity index (χ2n) is 6.14. The predicted octanol–water partition coefficient (Wildman–Crippen LogP) is 1.74. The molecule has 0 spiro atoms. The first kappa shape index (κ1) is 14.8. The molecule has 1 aromatic carbocycles. The minimum absolute atomic E-state index is 0.146. The smallest absolute Gasteiger partial charge is 0.252 e. The maximum atomic E-state index is 12.6. The van der Waals surface area contributed by atoms with Crippen LogP contribution in [0, 0.1) is 0 Å². The van der Waals surface area contributed by atoms with Gasteiger partial charge in [-0.3, -0.25) is 14.5 Å². The van der Waals surface area contributed by atoms with Crippen molar-refractivity contribution in [1.82, 2.24) is 15.2 Å². The van der Waals surface area contributed by atoms with Crippen molar-refractivity contribution in [3.8, 4) is 0 Å². The normalized spacial score (nSPS) is 19.0. The van der Waals surface area contributed by atoms with Gasteiger partial charge in [0, 0.05) is 42.1 Å². The molecule has 0 unspecified atom stereocenters. The average Bonchev–Trinajstić information content (AvgIpc) is 2.95. The molecule has 1 aromatic heterocycles. The van der Waals surface area contributed by atoms with Crippen LogP contribution >= 0.6 is 0 Å². The Labute approximate surface area is 129 Å². The van der Waals surface area contributed by atoms with Crippen LogP contribution in [-0.4, -0.2) is 41.0 Å². The largest absolute Gasteiger partial charge is 0.348 e. The summed E-state index contributed by atoms with van der Waals surface area (Å²) in [7, 11) is 0. The minimum atomic E-state index is -0.251. The Morgan fingerprint density at radius 3 is 2.86 bits per heavy atom. The van der Waals surface area contributed by atoms with Crippen LogP contribution in [0.4, 0.5) is 0 Å². The molecule has 1 saturated heterocycles. The van der Waals surface area contributed by atoms with Crippen LogP contribution in [0.1, 0.15) is 30.6 Å². The lowest BCUT2D eigenvalue weighted by molar-refractivity contribution is 0.0938. The van der Waals surface area contributed by atoms with Gasteiger partial charge in [0.2, 0.25) is 5.56 Å². The van der Waals surface area contributed by atoms with E-state index in [1.54, 1.807) is 0 Å². The van der Waals surface area contributed by atoms with Crippen molar-refractivity contribution in [2.24, 2.45) is 0 Å². The molecule has 116 valence electrons. The van der Waals surface area contributed by atoms with Crippen LogP contribution in [0.3, 0.4) is 0 Å². The fraction of sp³-hybridized carbons (Fsp3) is 0.412. The van der Waals surface area contributed by atoms with E-state index in [1.165, 1.54) is 6.07 Å². The molecule has 1 aliphatic rings. The number of carbonyl (C=O) groups is 1. The molecule has 2 heterocycles. The molecule has 0 saturated carbocycles. The van der Waals surface area contributed by atoms with Crippen LogP contribution < -0.4 is 10.9 Å². The number of pyridine rings is 1. The lowest BCUT2D eigenvalue weighted by Crippen LogP contribution is -2.38. The lowest BCUT2D eigenvalue weighted by atomic mass is 10.1. The van der Waals surface area contributed by atoms with Gasteiger partial charge in [-0.25, -0.2) is 0 Å². The minimum Gasteiger partial charge on any atom is -0.348 e. The molecule has 1 aliphatic heterocycles. The monoisotopic (exact) mass is 299 g/mol. The number of likely N-dealkylation sites (tertiary alicyclic amines) is 1. The number of para-hydroxylation sites is 1. The fourth-order valence-electron chi connectivity index (χ4n) is 3.03. The highest BCUT2D eigenvalue weighted by Crippen LogP contribution is 2.16. The third-order valence-corrected chi connectivity index (χ3v) is 4.28. The molecular weight excluding hydrogens is 278 g/mol. The third-order valence-electron chi connectivity index (χ3n) is 4.28. The van der Waals surface area contributed by atoms with Gasteiger partial charge < -0.3 is 10.3 Å². The van der Waals surface area contributed by atoms with E-state index >= 15 is 0 Å². The van der Waals surface area contributed by atoms with Crippen molar-refractivity contribution in [3.05, 3.63) is 46.2 Å². The Morgan fingerprint density at radius 1 is 1.36 bits per heavy atom. The average molecular weight is 299 g/mol. The van der Waals surface area contributed by atoms with Crippen molar-refractivity contribution >= 4 is 16.8 Å². The van der Waals surface area contributed by atoms with Crippen LogP contribution in [0.15, 0.2) is 35.1 Å². The second-order valence-corrected chi connectivity index (χ2v) is 6.14. The molecule has 22 heavy (non-hydrogen) atoms. The number of carbonyl (C=O) groups excluding carboxylic acids is 1. The summed E-state index contributed by atoms with van der Waals surface area (Å²) >= 11 is 0. The van der Waals surface area contributed by atoms with Crippen LogP contribution in [0.2, 0.25) is 0 Å². The number of benzene rings is 1. The topological polar surface area (TPSA) is 65.2 Å². The molecule has 3 rings (SSSR count). The highest BCUT2D eigenvalue weighted by molar-refractivity contribution is 6.06. The molecule has 0 radical (unpaired) electrons. The van der Waals surface area contributed by atoms with Crippen LogP contribution in [-0.2, 0) is 0 Å². The van der Waals surface area contributed by atoms with Gasteiger partial charge in [-0.2, -0.15) is 0 Å². The zero-order chi connectivity index (χ0) is 15.7. The SMILES string of the molecule is CC(C)N1CC[C@@H](NC(=O)c2cc(=O)[nH]c3ccccc23)C1. The number of rotatable bonds is 3. The van der Waals surface area contributed by atoms with Crippen molar-refractivity contribution in [2.75, 3.05) is 13.1 Å². The summed E-state index contributed by atoms with van der Waals surface area (Å²) in [5, 5.41) is 3.84. The highest BCUT2D eigenvalue weighted by atomic mass is 16.2. The number of aromatic nitrogens is 1. The van der Waals surface area contributed by atoms with Crippen molar-refractivity contribution in [2.45, 2.75) is 32.4 Å². The van der Waals surface area contributed by atoms with E-state index in [-0.39, 0.29) is 17.5 Å². The first-order valence-electron chi connectivity index (χ1n) is 7.71. The van der Waals surface area contributed by atoms with E-state index in [0.29, 0.717) is 17.1 Å². The lowest BCUT2D eigenvalue weighted by Gasteiger charge is -2.20. The number of hydrogen-bond donors (Lipinski definition) is 2. The third kappa shape index (κ3) is 2.90. The summed E-state index contributed by atoms with van der Waals surface area (Å²) in [6.07, 6.45) is 0.949. The summed E-state index contributed by atoms with van der Waals surface area (Å²) in [5.41, 5.74) is 0.886. The first-order chi connectivity index (χ1) is 10.5. The van der Waals surface area contributed by atoms with Gasteiger partial charge in [0.05, 0.1) is 5.56 Å². The quantitative estimate of drug-likeness (QED) is 0.907. The fourth-order valence-corrected chi connectivity index (χ4v) is 3.03. The number of H-pyrrole nitrogens is 1. The van der Waals surface area contributed by atoms with Crippen LogP contribution in [0.25, 0.3) is 10.9 Å². The van der Waals surface area contributed by atoms with Gasteiger partial charge in [0.1, 0.15) is 0 Å². The maximum absolute atomic E-state index is 12.6. The van der Waals surface area contributed by atoms with E-state index in [4.69, 9.17) is 0 Å². The van der Waals surface area contributed by atoms with Crippen molar-refractivity contribution in [3.63, 3.8) is 0 Å². The van der Waals surface area contributed by atoms with E-state index in [2.05, 4.69) is 29.0 Å². The molecule has 1 amide bonds. The molecule has 2 aromatic rings. The summed E-state index contributed by atoms with van der Waals surface area (Å²) in [5.74, 6) is -0.169. The number of fused-ring (bicyclic) bond motifs is 1. The molecule has 0 aliphatic carbocycles. The summed E-state index contributed by atoms with van der Waals surface area (Å²) in [4.78, 5) is 29.4. The van der Waals surface area contributed by atoms with Crippen LogP contribution in [0.5, 0.6) is 0 Å². The Hall–Kier alpha value is -2.14. The second kappa shape index (κ2) is 5.93. The van der Waals surface area contributed by atoms with Gasteiger partial charge >= 0.3 is 0 Å². The summed E-state index contributed by atoms with van der Waals surface area (Å²) < 4.78 is 0. The van der Waals surface area contributed by atoms with Crippen molar-refractivity contribution < 1.29 is 4.79 Å². The molecule has 2 N–H and O–H groups in total. The van der Waals surface area contributed by atoms with Gasteiger partial charge in [0.15, 0.2) is 0 Å². The Morgan fingerprint density at radius 2 is 2.14 bits per heavy atom. The number of amides is 1. The number of nitrogens with zero attached hydrogens (tertiary/aromatic N) is 1. The predicted molar refractivity (Wildman–Crippen MR) is 87.1 cm³/mol. The standard InChI is InChI=1S/C17H21N3O2/c1-11(2)20-8-7-12(10-20)18-17(22)14-9-16(21)19-15-6-4-3-5-13(14)15/h3-6,9,11-12H,7-8,10H2,1-2H3,(H,18,22)(H,19,21)/t12-/m1/s1. The number of hydrogen-bond acceptors (Lipinski definition) is 3. The maximum Gasteiger partial charge on any atom is 0.252 e. The van der Waals surface area contributed by atoms with Gasteiger partial charge in [-0.05, 0) is 26.3 Å². The number of nitrogens with one attached hydrogen (secondary N) is 2. The molecule has 1 fully saturated rings. The summed E-state index contributed by atoms with van der Waals surface area (Å²) in [6, 6.07) is 9.40. The highest BCUT2D eigenvalue weighted by Gasteiger charge is 2.26. The Balaban J connectivity index is 1.83. The van der Waals surface area contributed by atoms with Gasteiger partial charge in [-0.15, -0.1) is 0 Å². The van der Waals surface area contributed by atoms with Gasteiger partial charge in [-0.1, -0.05) is 18.2 Å². The van der Waals surface area contributed by atoms with Crippen molar-refractivity contribution in [1.29, 1.82) is 0 Å². The number of aromatic amines is 1. The van der Waals surface area contributed by atoms with E-state index in [9.17, 15) is 9.59 Å². The summed E-state index contributed by atoms with van der Waals surface area (Å²) in [6.45, 7) is 6.19. The molecule has 1 atom stereocenters. The Bertz CT molecular complexity index is 751. The van der Waals surface area contributed by atoms with E-state index in [0.717, 1.165) is 24.9 Å². The zero-order valence-corrected chi connectivity index (χ0v) is 12.9. The Kier molecular flexibility index (Phi) is 3.98. The van der Waals surface area contributed by atoms with E-state index < -0.39 is 0 Å². The molecular formula is C17H21N3O2.